The molecule has 0 saturated heterocycles. The molecule has 18 heavy (non-hydrogen) atoms. The van der Waals surface area contributed by atoms with Gasteiger partial charge >= 0.3 is 0 Å². The van der Waals surface area contributed by atoms with E-state index in [2.05, 4.69) is 35.1 Å². The van der Waals surface area contributed by atoms with E-state index in [0.29, 0.717) is 16.1 Å². The maximum atomic E-state index is 13.5. The molecule has 3 atom stereocenters. The Morgan fingerprint density at radius 2 is 2.22 bits per heavy atom. The number of benzene rings is 1. The van der Waals surface area contributed by atoms with Crippen LogP contribution in [0.2, 0.25) is 0 Å². The van der Waals surface area contributed by atoms with Crippen LogP contribution in [-0.4, -0.2) is 13.7 Å². The number of rotatable bonds is 5. The molecule has 0 heterocycles. The molecular weight excluding hydrogens is 297 g/mol. The number of nitrogens with one attached hydrogen (secondary N) is 1. The van der Waals surface area contributed by atoms with Crippen molar-refractivity contribution in [2.45, 2.75) is 26.3 Å². The third kappa shape index (κ3) is 2.69. The highest BCUT2D eigenvalue weighted by molar-refractivity contribution is 9.10. The van der Waals surface area contributed by atoms with Crippen molar-refractivity contribution in [1.82, 2.24) is 5.32 Å². The van der Waals surface area contributed by atoms with Crippen molar-refractivity contribution in [2.24, 2.45) is 11.8 Å². The molecule has 1 saturated carbocycles. The summed E-state index contributed by atoms with van der Waals surface area (Å²) in [6.07, 6.45) is 1.22. The van der Waals surface area contributed by atoms with E-state index >= 15 is 0 Å². The second-order valence-electron chi connectivity index (χ2n) is 4.92. The fraction of sp³-hybridized carbons (Fsp3) is 0.571. The molecule has 3 unspecified atom stereocenters. The summed E-state index contributed by atoms with van der Waals surface area (Å²) < 4.78 is 19.4. The minimum Gasteiger partial charge on any atom is -0.496 e. The Balaban J connectivity index is 2.36. The van der Waals surface area contributed by atoms with Crippen molar-refractivity contribution in [3.05, 3.63) is 28.0 Å². The summed E-state index contributed by atoms with van der Waals surface area (Å²) in [6, 6.07) is 3.54. The third-order valence-electron chi connectivity index (χ3n) is 3.63. The van der Waals surface area contributed by atoms with Crippen LogP contribution in [0.15, 0.2) is 16.6 Å². The zero-order valence-corrected chi connectivity index (χ0v) is 12.6. The topological polar surface area (TPSA) is 21.3 Å². The molecule has 1 aliphatic carbocycles. The highest BCUT2D eigenvalue weighted by atomic mass is 79.9. The summed E-state index contributed by atoms with van der Waals surface area (Å²) in [5.41, 5.74) is 1.04. The van der Waals surface area contributed by atoms with E-state index in [1.807, 2.05) is 6.07 Å². The van der Waals surface area contributed by atoms with Crippen LogP contribution in [0.1, 0.15) is 31.9 Å². The first kappa shape index (κ1) is 13.8. The molecule has 1 fully saturated rings. The monoisotopic (exact) mass is 315 g/mol. The summed E-state index contributed by atoms with van der Waals surface area (Å²) in [6.45, 7) is 5.23. The molecule has 0 radical (unpaired) electrons. The Kier molecular flexibility index (Phi) is 4.28. The van der Waals surface area contributed by atoms with Crippen LogP contribution in [0, 0.1) is 17.7 Å². The van der Waals surface area contributed by atoms with Gasteiger partial charge in [0.15, 0.2) is 0 Å². The molecule has 4 heteroatoms. The van der Waals surface area contributed by atoms with Gasteiger partial charge in [0.1, 0.15) is 11.6 Å². The van der Waals surface area contributed by atoms with Crippen molar-refractivity contribution in [3.63, 3.8) is 0 Å². The predicted octanol–water partition coefficient (Wildman–Crippen LogP) is 3.90. The Hall–Kier alpha value is -0.610. The van der Waals surface area contributed by atoms with Gasteiger partial charge in [-0.05, 0) is 46.8 Å². The molecule has 100 valence electrons. The Morgan fingerprint density at radius 1 is 1.56 bits per heavy atom. The van der Waals surface area contributed by atoms with Gasteiger partial charge in [0.25, 0.3) is 0 Å². The first-order valence-electron chi connectivity index (χ1n) is 6.34. The fourth-order valence-corrected chi connectivity index (χ4v) is 2.85. The summed E-state index contributed by atoms with van der Waals surface area (Å²) in [4.78, 5) is 0. The maximum absolute atomic E-state index is 13.5. The minimum absolute atomic E-state index is 0.247. The van der Waals surface area contributed by atoms with E-state index in [1.54, 1.807) is 7.11 Å². The average molecular weight is 316 g/mol. The molecule has 1 aromatic rings. The SMILES string of the molecule is CCNC(c1cc(Br)c(F)cc1OC)C1CC1C. The first-order valence-corrected chi connectivity index (χ1v) is 7.14. The van der Waals surface area contributed by atoms with Gasteiger partial charge < -0.3 is 10.1 Å². The predicted molar refractivity (Wildman–Crippen MR) is 74.3 cm³/mol. The van der Waals surface area contributed by atoms with Gasteiger partial charge in [0.05, 0.1) is 11.6 Å². The molecule has 0 amide bonds. The van der Waals surface area contributed by atoms with Gasteiger partial charge in [-0.1, -0.05) is 13.8 Å². The smallest absolute Gasteiger partial charge is 0.141 e. The number of halogens is 2. The molecule has 1 aromatic carbocycles. The molecular formula is C14H19BrFNO. The summed E-state index contributed by atoms with van der Waals surface area (Å²) in [5.74, 6) is 1.69. The van der Waals surface area contributed by atoms with Crippen molar-refractivity contribution in [3.8, 4) is 5.75 Å². The lowest BCUT2D eigenvalue weighted by Crippen LogP contribution is -2.24. The molecule has 0 aromatic heterocycles. The van der Waals surface area contributed by atoms with Crippen LogP contribution in [0.25, 0.3) is 0 Å². The second kappa shape index (κ2) is 5.57. The minimum atomic E-state index is -0.283. The summed E-state index contributed by atoms with van der Waals surface area (Å²) >= 11 is 3.26. The number of ether oxygens (including phenoxy) is 1. The lowest BCUT2D eigenvalue weighted by Gasteiger charge is -2.21. The zero-order valence-electron chi connectivity index (χ0n) is 11.0. The Bertz CT molecular complexity index is 438. The standard InChI is InChI=1S/C14H19BrFNO/c1-4-17-14(9-5-8(9)2)10-6-11(15)12(16)7-13(10)18-3/h6-9,14,17H,4-5H2,1-3H3. The Labute approximate surface area is 116 Å². The van der Waals surface area contributed by atoms with E-state index in [9.17, 15) is 4.39 Å². The van der Waals surface area contributed by atoms with E-state index < -0.39 is 0 Å². The molecule has 0 spiro atoms. The van der Waals surface area contributed by atoms with Gasteiger partial charge in [-0.25, -0.2) is 4.39 Å². The molecule has 2 rings (SSSR count). The fourth-order valence-electron chi connectivity index (χ4n) is 2.49. The van der Waals surface area contributed by atoms with Crippen LogP contribution >= 0.6 is 15.9 Å². The van der Waals surface area contributed by atoms with Crippen molar-refractivity contribution in [2.75, 3.05) is 13.7 Å². The molecule has 0 aliphatic heterocycles. The lowest BCUT2D eigenvalue weighted by molar-refractivity contribution is 0.386. The third-order valence-corrected chi connectivity index (χ3v) is 4.24. The zero-order chi connectivity index (χ0) is 13.3. The van der Waals surface area contributed by atoms with Crippen LogP contribution in [0.4, 0.5) is 4.39 Å². The number of hydrogen-bond donors (Lipinski definition) is 1. The van der Waals surface area contributed by atoms with Crippen molar-refractivity contribution < 1.29 is 9.13 Å². The average Bonchev–Trinajstić information content (AvgIpc) is 3.06. The van der Waals surface area contributed by atoms with E-state index in [0.717, 1.165) is 18.0 Å². The van der Waals surface area contributed by atoms with E-state index in [1.165, 1.54) is 12.5 Å². The van der Waals surface area contributed by atoms with Crippen LogP contribution < -0.4 is 10.1 Å². The maximum Gasteiger partial charge on any atom is 0.141 e. The second-order valence-corrected chi connectivity index (χ2v) is 5.77. The summed E-state index contributed by atoms with van der Waals surface area (Å²) in [7, 11) is 1.59. The van der Waals surface area contributed by atoms with Gasteiger partial charge in [0, 0.05) is 17.7 Å². The lowest BCUT2D eigenvalue weighted by atomic mass is 10.00. The highest BCUT2D eigenvalue weighted by Gasteiger charge is 2.41. The number of hydrogen-bond acceptors (Lipinski definition) is 2. The van der Waals surface area contributed by atoms with Crippen molar-refractivity contribution in [1.29, 1.82) is 0 Å². The molecule has 1 aliphatic rings. The largest absolute Gasteiger partial charge is 0.496 e. The summed E-state index contributed by atoms with van der Waals surface area (Å²) in [5, 5.41) is 3.49. The Morgan fingerprint density at radius 3 is 2.72 bits per heavy atom. The van der Waals surface area contributed by atoms with Crippen LogP contribution in [-0.2, 0) is 0 Å². The van der Waals surface area contributed by atoms with Gasteiger partial charge in [-0.3, -0.25) is 0 Å². The van der Waals surface area contributed by atoms with Gasteiger partial charge in [0.2, 0.25) is 0 Å². The van der Waals surface area contributed by atoms with Crippen molar-refractivity contribution >= 4 is 15.9 Å². The quantitative estimate of drug-likeness (QED) is 0.889. The van der Waals surface area contributed by atoms with E-state index in [-0.39, 0.29) is 11.9 Å². The van der Waals surface area contributed by atoms with Crippen LogP contribution in [0.3, 0.4) is 0 Å². The van der Waals surface area contributed by atoms with Gasteiger partial charge in [-0.2, -0.15) is 0 Å². The highest BCUT2D eigenvalue weighted by Crippen LogP contribution is 2.49. The van der Waals surface area contributed by atoms with Gasteiger partial charge in [-0.15, -0.1) is 0 Å². The molecule has 2 nitrogen and oxygen atoms in total. The first-order chi connectivity index (χ1) is 8.58. The number of methoxy groups -OCH3 is 1. The van der Waals surface area contributed by atoms with Crippen LogP contribution in [0.5, 0.6) is 5.75 Å². The normalized spacial score (nSPS) is 23.8. The molecule has 1 N–H and O–H groups in total. The molecule has 0 bridgehead atoms. The van der Waals surface area contributed by atoms with E-state index in [4.69, 9.17) is 4.74 Å².